The molecule has 0 aromatic carbocycles. The molecule has 0 atom stereocenters. The smallest absolute Gasteiger partial charge is 0.260 e. The Kier molecular flexibility index (Phi) is 11.1. The summed E-state index contributed by atoms with van der Waals surface area (Å²) in [6.45, 7) is 7.39. The zero-order valence-electron chi connectivity index (χ0n) is 23.5. The average Bonchev–Trinajstić information content (AvgIpc) is 3.60. The first-order chi connectivity index (χ1) is 18.8. The van der Waals surface area contributed by atoms with Gasteiger partial charge in [-0.3, -0.25) is 14.6 Å². The molecule has 210 valence electrons. The lowest BCUT2D eigenvalue weighted by atomic mass is 10.1. The van der Waals surface area contributed by atoms with Gasteiger partial charge in [-0.15, -0.1) is 11.3 Å². The van der Waals surface area contributed by atoms with E-state index >= 15 is 0 Å². The number of nitrogens with one attached hydrogen (secondary N) is 3. The van der Waals surface area contributed by atoms with E-state index in [0.717, 1.165) is 42.2 Å². The maximum atomic E-state index is 13.3. The number of aromatic nitrogens is 2. The van der Waals surface area contributed by atoms with Gasteiger partial charge in [-0.2, -0.15) is 0 Å². The van der Waals surface area contributed by atoms with Gasteiger partial charge in [-0.1, -0.05) is 13.0 Å². The molecule has 1 fully saturated rings. The summed E-state index contributed by atoms with van der Waals surface area (Å²) in [5, 5.41) is 9.54. The van der Waals surface area contributed by atoms with Crippen LogP contribution in [0.2, 0.25) is 0 Å². The molecule has 10 nitrogen and oxygen atoms in total. The Labute approximate surface area is 235 Å². The number of carbonyl (C=O) groups excluding carboxylic acids is 2. The summed E-state index contributed by atoms with van der Waals surface area (Å²) in [5.41, 5.74) is 9.49. The third-order valence-electron chi connectivity index (χ3n) is 6.28. The molecule has 11 heteroatoms. The summed E-state index contributed by atoms with van der Waals surface area (Å²) in [6.07, 6.45) is 11.9. The Morgan fingerprint density at radius 3 is 2.56 bits per heavy atom. The molecule has 0 bridgehead atoms. The highest BCUT2D eigenvalue weighted by molar-refractivity contribution is 7.14. The number of hydrogen-bond acceptors (Lipinski definition) is 9. The number of thiazole rings is 1. The predicted octanol–water partition coefficient (Wildman–Crippen LogP) is 3.03. The van der Waals surface area contributed by atoms with Gasteiger partial charge < -0.3 is 31.5 Å². The number of carbonyl (C=O) groups is 2. The van der Waals surface area contributed by atoms with Crippen molar-refractivity contribution in [2.45, 2.75) is 33.1 Å². The van der Waals surface area contributed by atoms with Gasteiger partial charge in [0.05, 0.1) is 27.4 Å². The normalized spacial score (nSPS) is 14.8. The molecule has 3 heterocycles. The monoisotopic (exact) mass is 552 g/mol. The number of likely N-dealkylation sites (N-methyl/N-ethyl adjacent to an activating group) is 1. The van der Waals surface area contributed by atoms with Crippen LogP contribution in [0.15, 0.2) is 42.6 Å². The van der Waals surface area contributed by atoms with Crippen molar-refractivity contribution in [3.63, 3.8) is 0 Å². The van der Waals surface area contributed by atoms with E-state index in [-0.39, 0.29) is 11.5 Å². The van der Waals surface area contributed by atoms with Crippen molar-refractivity contribution in [2.75, 3.05) is 52.6 Å². The van der Waals surface area contributed by atoms with Gasteiger partial charge in [-0.25, -0.2) is 4.98 Å². The zero-order chi connectivity index (χ0) is 28.4. The molecule has 2 aromatic heterocycles. The third-order valence-corrected chi connectivity index (χ3v) is 7.34. The molecule has 1 aliphatic heterocycles. The third kappa shape index (κ3) is 8.14. The van der Waals surface area contributed by atoms with Crippen LogP contribution in [0.4, 0.5) is 5.69 Å². The van der Waals surface area contributed by atoms with Crippen LogP contribution < -0.4 is 21.7 Å². The zero-order valence-corrected chi connectivity index (χ0v) is 24.3. The maximum Gasteiger partial charge on any atom is 0.260 e. The molecular formula is C28H40N8O2S. The molecule has 0 spiro atoms. The molecule has 1 saturated heterocycles. The van der Waals surface area contributed by atoms with Crippen LogP contribution in [0.1, 0.15) is 52.1 Å². The quantitative estimate of drug-likeness (QED) is 0.234. The summed E-state index contributed by atoms with van der Waals surface area (Å²) in [5.74, 6) is -0.650. The topological polar surface area (TPSA) is 129 Å². The summed E-state index contributed by atoms with van der Waals surface area (Å²) >= 11 is 1.38. The first-order valence-corrected chi connectivity index (χ1v) is 14.0. The maximum absolute atomic E-state index is 13.3. The summed E-state index contributed by atoms with van der Waals surface area (Å²) in [6, 6.07) is 1.64. The Bertz CT molecular complexity index is 1240. The van der Waals surface area contributed by atoms with E-state index in [4.69, 9.17) is 5.73 Å². The van der Waals surface area contributed by atoms with Crippen LogP contribution in [0.3, 0.4) is 0 Å². The molecule has 39 heavy (non-hydrogen) atoms. The van der Waals surface area contributed by atoms with Crippen molar-refractivity contribution >= 4 is 40.0 Å². The molecular weight excluding hydrogens is 512 g/mol. The second-order valence-electron chi connectivity index (χ2n) is 9.51. The Hall–Kier alpha value is -3.70. The van der Waals surface area contributed by atoms with Crippen LogP contribution in [0.5, 0.6) is 0 Å². The molecule has 0 unspecified atom stereocenters. The second kappa shape index (κ2) is 14.5. The highest BCUT2D eigenvalue weighted by atomic mass is 32.1. The van der Waals surface area contributed by atoms with Gasteiger partial charge in [0.2, 0.25) is 0 Å². The summed E-state index contributed by atoms with van der Waals surface area (Å²) in [7, 11) is 5.79. The first-order valence-electron chi connectivity index (χ1n) is 13.2. The Morgan fingerprint density at radius 1 is 1.18 bits per heavy atom. The van der Waals surface area contributed by atoms with Crippen molar-refractivity contribution in [1.29, 1.82) is 0 Å². The van der Waals surface area contributed by atoms with Crippen LogP contribution in [-0.2, 0) is 4.79 Å². The largest absolute Gasteiger partial charge is 0.404 e. The van der Waals surface area contributed by atoms with Crippen molar-refractivity contribution < 1.29 is 9.59 Å². The minimum absolute atomic E-state index is 0.225. The molecule has 3 rings (SSSR count). The van der Waals surface area contributed by atoms with E-state index in [9.17, 15) is 9.59 Å². The van der Waals surface area contributed by atoms with Gasteiger partial charge in [0.1, 0.15) is 5.01 Å². The number of nitrogens with zero attached hydrogens (tertiary/aromatic N) is 4. The summed E-state index contributed by atoms with van der Waals surface area (Å²) in [4.78, 5) is 40.0. The molecule has 5 N–H and O–H groups in total. The van der Waals surface area contributed by atoms with E-state index in [0.29, 0.717) is 28.5 Å². The van der Waals surface area contributed by atoms with Crippen molar-refractivity contribution in [3.8, 4) is 0 Å². The number of likely N-dealkylation sites (tertiary alicyclic amines) is 1. The van der Waals surface area contributed by atoms with Crippen molar-refractivity contribution in [1.82, 2.24) is 30.4 Å². The predicted molar refractivity (Wildman–Crippen MR) is 159 cm³/mol. The Morgan fingerprint density at radius 2 is 1.92 bits per heavy atom. The van der Waals surface area contributed by atoms with E-state index in [1.165, 1.54) is 36.6 Å². The fraction of sp³-hybridized carbons (Fsp3) is 0.429. The molecule has 0 aliphatic carbocycles. The lowest BCUT2D eigenvalue weighted by Gasteiger charge is -2.15. The second-order valence-corrected chi connectivity index (χ2v) is 10.5. The number of aryl methyl sites for hydroxylation is 1. The van der Waals surface area contributed by atoms with Crippen LogP contribution >= 0.6 is 11.3 Å². The molecule has 0 saturated carbocycles. The van der Waals surface area contributed by atoms with Crippen LogP contribution in [0, 0.1) is 6.92 Å². The Balaban J connectivity index is 1.74. The van der Waals surface area contributed by atoms with Gasteiger partial charge >= 0.3 is 0 Å². The van der Waals surface area contributed by atoms with Gasteiger partial charge in [0.25, 0.3) is 11.8 Å². The van der Waals surface area contributed by atoms with E-state index in [1.54, 1.807) is 19.2 Å². The van der Waals surface area contributed by atoms with Gasteiger partial charge in [0, 0.05) is 70.3 Å². The lowest BCUT2D eigenvalue weighted by molar-refractivity contribution is -0.111. The van der Waals surface area contributed by atoms with Crippen molar-refractivity contribution in [2.24, 2.45) is 5.73 Å². The number of pyridine rings is 1. The van der Waals surface area contributed by atoms with Crippen LogP contribution in [0.25, 0.3) is 11.1 Å². The van der Waals surface area contributed by atoms with Gasteiger partial charge in [0.15, 0.2) is 0 Å². The van der Waals surface area contributed by atoms with E-state index in [1.807, 2.05) is 32.2 Å². The van der Waals surface area contributed by atoms with Gasteiger partial charge in [-0.05, 0) is 45.3 Å². The lowest BCUT2D eigenvalue weighted by Crippen LogP contribution is -2.33. The summed E-state index contributed by atoms with van der Waals surface area (Å²) < 4.78 is 0. The SMILES string of the molecule is CC/C=C(NC)/C(=C\N(C)C)c1cnc(/C(=C\N)C(=O)Nc2cc(C(=O)NCCN3CCCC3)cnc2C)s1. The molecule has 2 amide bonds. The number of amides is 2. The number of anilines is 1. The first kappa shape index (κ1) is 29.9. The van der Waals surface area contributed by atoms with E-state index in [2.05, 4.69) is 43.8 Å². The minimum Gasteiger partial charge on any atom is -0.404 e. The minimum atomic E-state index is -0.425. The number of allylic oxidation sites excluding steroid dienone is 2. The fourth-order valence-corrected chi connectivity index (χ4v) is 5.21. The number of hydrogen-bond donors (Lipinski definition) is 4. The standard InChI is InChI=1S/C28H40N8O2S/c1-6-9-23(30-3)22(18-35(4)5)25-17-33-28(39-25)21(15-29)27(38)34-24-14-20(16-32-19(24)2)26(37)31-10-13-36-11-7-8-12-36/h9,14-18,30H,6-8,10-13,29H2,1-5H3,(H,31,37)(H,34,38)/b21-15-,22-18+,23-9-. The van der Waals surface area contributed by atoms with Crippen LogP contribution in [-0.4, -0.2) is 78.9 Å². The number of nitrogens with two attached hydrogens (primary N) is 1. The fourth-order valence-electron chi connectivity index (χ4n) is 4.25. The molecule has 1 aliphatic rings. The average molecular weight is 553 g/mol. The molecule has 2 aromatic rings. The highest BCUT2D eigenvalue weighted by Gasteiger charge is 2.20. The van der Waals surface area contributed by atoms with Crippen molar-refractivity contribution in [3.05, 3.63) is 63.8 Å². The molecule has 0 radical (unpaired) electrons. The highest BCUT2D eigenvalue weighted by Crippen LogP contribution is 2.31. The number of rotatable bonds is 12. The van der Waals surface area contributed by atoms with E-state index < -0.39 is 5.91 Å².